The van der Waals surface area contributed by atoms with Crippen molar-refractivity contribution in [3.8, 4) is 23.0 Å². The molecule has 0 spiro atoms. The van der Waals surface area contributed by atoms with Crippen LogP contribution in [0.3, 0.4) is 0 Å². The second-order valence-corrected chi connectivity index (χ2v) is 7.62. The first-order valence-electron chi connectivity index (χ1n) is 10.5. The standard InChI is InChI=1S/C27H23NO5/c1-30-22-12-11-19-20-14-23(31-2)24(32-3)15-21(20)28(25(19)26(22)33-4)27(29)18-10-9-16-7-5-6-8-17(16)13-18/h5-15H,1-4H3. The summed E-state index contributed by atoms with van der Waals surface area (Å²) in [6.07, 6.45) is 0. The summed E-state index contributed by atoms with van der Waals surface area (Å²) in [5, 5.41) is 3.75. The van der Waals surface area contributed by atoms with Crippen LogP contribution in [0.1, 0.15) is 10.4 Å². The van der Waals surface area contributed by atoms with E-state index in [1.165, 1.54) is 0 Å². The van der Waals surface area contributed by atoms with Gasteiger partial charge in [0.2, 0.25) is 0 Å². The Balaban J connectivity index is 1.88. The van der Waals surface area contributed by atoms with Crippen LogP contribution in [0.25, 0.3) is 32.6 Å². The van der Waals surface area contributed by atoms with Crippen LogP contribution in [0.5, 0.6) is 23.0 Å². The van der Waals surface area contributed by atoms with Gasteiger partial charge in [-0.15, -0.1) is 0 Å². The smallest absolute Gasteiger partial charge is 0.263 e. The second-order valence-electron chi connectivity index (χ2n) is 7.62. The Bertz CT molecular complexity index is 1530. The quantitative estimate of drug-likeness (QED) is 0.352. The van der Waals surface area contributed by atoms with E-state index in [2.05, 4.69) is 0 Å². The molecular formula is C27H23NO5. The van der Waals surface area contributed by atoms with Crippen molar-refractivity contribution < 1.29 is 23.7 Å². The number of fused-ring (bicyclic) bond motifs is 4. The maximum atomic E-state index is 14.0. The molecule has 0 radical (unpaired) electrons. The number of benzene rings is 4. The first kappa shape index (κ1) is 20.7. The van der Waals surface area contributed by atoms with Crippen LogP contribution in [-0.4, -0.2) is 38.9 Å². The summed E-state index contributed by atoms with van der Waals surface area (Å²) in [5.41, 5.74) is 1.87. The van der Waals surface area contributed by atoms with Crippen molar-refractivity contribution in [2.75, 3.05) is 28.4 Å². The third kappa shape index (κ3) is 3.14. The van der Waals surface area contributed by atoms with E-state index in [0.29, 0.717) is 39.6 Å². The molecule has 0 amide bonds. The highest BCUT2D eigenvalue weighted by Gasteiger charge is 2.24. The highest BCUT2D eigenvalue weighted by Crippen LogP contribution is 2.44. The predicted octanol–water partition coefficient (Wildman–Crippen LogP) is 5.67. The average Bonchev–Trinajstić information content (AvgIpc) is 3.19. The van der Waals surface area contributed by atoms with Crippen molar-refractivity contribution in [3.63, 3.8) is 0 Å². The number of hydrogen-bond donors (Lipinski definition) is 0. The van der Waals surface area contributed by atoms with Crippen molar-refractivity contribution in [3.05, 3.63) is 72.3 Å². The molecule has 6 nitrogen and oxygen atoms in total. The van der Waals surface area contributed by atoms with E-state index >= 15 is 0 Å². The van der Waals surface area contributed by atoms with Crippen LogP contribution < -0.4 is 18.9 Å². The Morgan fingerprint density at radius 1 is 0.667 bits per heavy atom. The molecular weight excluding hydrogens is 418 g/mol. The van der Waals surface area contributed by atoms with E-state index in [1.807, 2.05) is 66.7 Å². The Morgan fingerprint density at radius 3 is 2.06 bits per heavy atom. The van der Waals surface area contributed by atoms with E-state index in [4.69, 9.17) is 18.9 Å². The zero-order valence-electron chi connectivity index (χ0n) is 18.8. The minimum Gasteiger partial charge on any atom is -0.493 e. The number of methoxy groups -OCH3 is 4. The Hall–Kier alpha value is -4.19. The van der Waals surface area contributed by atoms with E-state index < -0.39 is 0 Å². The lowest BCUT2D eigenvalue weighted by atomic mass is 10.1. The average molecular weight is 441 g/mol. The fourth-order valence-corrected chi connectivity index (χ4v) is 4.40. The molecule has 33 heavy (non-hydrogen) atoms. The summed E-state index contributed by atoms with van der Waals surface area (Å²) in [6, 6.07) is 21.1. The number of nitrogens with zero attached hydrogens (tertiary/aromatic N) is 1. The van der Waals surface area contributed by atoms with Crippen molar-refractivity contribution >= 4 is 38.5 Å². The molecule has 5 rings (SSSR count). The van der Waals surface area contributed by atoms with Crippen LogP contribution in [-0.2, 0) is 0 Å². The zero-order chi connectivity index (χ0) is 23.1. The molecule has 0 saturated heterocycles. The topological polar surface area (TPSA) is 58.9 Å². The van der Waals surface area contributed by atoms with Crippen molar-refractivity contribution in [1.29, 1.82) is 0 Å². The van der Waals surface area contributed by atoms with Crippen molar-refractivity contribution in [1.82, 2.24) is 4.57 Å². The van der Waals surface area contributed by atoms with Gasteiger partial charge < -0.3 is 18.9 Å². The van der Waals surface area contributed by atoms with Crippen LogP contribution in [0, 0.1) is 0 Å². The monoisotopic (exact) mass is 441 g/mol. The number of ether oxygens (including phenoxy) is 4. The van der Waals surface area contributed by atoms with Gasteiger partial charge in [0, 0.05) is 22.4 Å². The molecule has 0 bridgehead atoms. The molecule has 0 saturated carbocycles. The summed E-state index contributed by atoms with van der Waals surface area (Å²) in [7, 11) is 6.31. The third-order valence-electron chi connectivity index (χ3n) is 5.98. The minimum absolute atomic E-state index is 0.181. The van der Waals surface area contributed by atoms with Gasteiger partial charge in [-0.05, 0) is 41.1 Å². The van der Waals surface area contributed by atoms with Gasteiger partial charge in [0.15, 0.2) is 23.0 Å². The normalized spacial score (nSPS) is 11.2. The lowest BCUT2D eigenvalue weighted by Gasteiger charge is -2.13. The predicted molar refractivity (Wildman–Crippen MR) is 129 cm³/mol. The zero-order valence-corrected chi connectivity index (χ0v) is 18.8. The van der Waals surface area contributed by atoms with Crippen molar-refractivity contribution in [2.24, 2.45) is 0 Å². The van der Waals surface area contributed by atoms with Gasteiger partial charge in [-0.25, -0.2) is 0 Å². The van der Waals surface area contributed by atoms with Gasteiger partial charge in [-0.2, -0.15) is 0 Å². The molecule has 0 aliphatic rings. The molecule has 0 N–H and O–H groups in total. The van der Waals surface area contributed by atoms with Gasteiger partial charge in [0.25, 0.3) is 5.91 Å². The minimum atomic E-state index is -0.181. The van der Waals surface area contributed by atoms with Gasteiger partial charge >= 0.3 is 0 Å². The first-order valence-corrected chi connectivity index (χ1v) is 10.5. The fourth-order valence-electron chi connectivity index (χ4n) is 4.40. The molecule has 1 aromatic heterocycles. The highest BCUT2D eigenvalue weighted by atomic mass is 16.5. The summed E-state index contributed by atoms with van der Waals surface area (Å²) in [6.45, 7) is 0. The summed E-state index contributed by atoms with van der Waals surface area (Å²) >= 11 is 0. The number of carbonyl (C=O) groups excluding carboxylic acids is 1. The second kappa shape index (κ2) is 8.06. The highest BCUT2D eigenvalue weighted by molar-refractivity contribution is 6.19. The van der Waals surface area contributed by atoms with E-state index in [9.17, 15) is 4.79 Å². The van der Waals surface area contributed by atoms with E-state index in [1.54, 1.807) is 33.0 Å². The molecule has 6 heteroatoms. The van der Waals surface area contributed by atoms with Crippen molar-refractivity contribution in [2.45, 2.75) is 0 Å². The Morgan fingerprint density at radius 2 is 1.36 bits per heavy atom. The fraction of sp³-hybridized carbons (Fsp3) is 0.148. The van der Waals surface area contributed by atoms with Gasteiger partial charge in [-0.1, -0.05) is 30.3 Å². The van der Waals surface area contributed by atoms with Gasteiger partial charge in [-0.3, -0.25) is 9.36 Å². The molecule has 0 aliphatic heterocycles. The molecule has 4 aromatic carbocycles. The SMILES string of the molecule is COc1cc2c3ccc(OC)c(OC)c3n(C(=O)c3ccc4ccccc4c3)c2cc1OC. The van der Waals surface area contributed by atoms with E-state index in [-0.39, 0.29) is 5.91 Å². The molecule has 166 valence electrons. The van der Waals surface area contributed by atoms with Gasteiger partial charge in [0.1, 0.15) is 5.52 Å². The lowest BCUT2D eigenvalue weighted by Crippen LogP contribution is -2.12. The molecule has 5 aromatic rings. The number of aromatic nitrogens is 1. The molecule has 0 unspecified atom stereocenters. The molecule has 0 aliphatic carbocycles. The first-order chi connectivity index (χ1) is 16.1. The van der Waals surface area contributed by atoms with Crippen LogP contribution >= 0.6 is 0 Å². The van der Waals surface area contributed by atoms with E-state index in [0.717, 1.165) is 21.5 Å². The summed E-state index contributed by atoms with van der Waals surface area (Å²) < 4.78 is 24.0. The largest absolute Gasteiger partial charge is 0.493 e. The number of hydrogen-bond acceptors (Lipinski definition) is 5. The Labute approximate surface area is 190 Å². The number of rotatable bonds is 5. The maximum Gasteiger partial charge on any atom is 0.263 e. The van der Waals surface area contributed by atoms with Crippen LogP contribution in [0.4, 0.5) is 0 Å². The summed E-state index contributed by atoms with van der Waals surface area (Å²) in [4.78, 5) is 14.0. The summed E-state index contributed by atoms with van der Waals surface area (Å²) in [5.74, 6) is 1.96. The van der Waals surface area contributed by atoms with Crippen LogP contribution in [0.15, 0.2) is 66.7 Å². The van der Waals surface area contributed by atoms with Crippen LogP contribution in [0.2, 0.25) is 0 Å². The number of carbonyl (C=O) groups is 1. The molecule has 0 fully saturated rings. The lowest BCUT2D eigenvalue weighted by molar-refractivity contribution is 0.0969. The molecule has 0 atom stereocenters. The molecule has 1 heterocycles. The maximum absolute atomic E-state index is 14.0. The third-order valence-corrected chi connectivity index (χ3v) is 5.98. The Kier molecular flexibility index (Phi) is 5.05. The van der Waals surface area contributed by atoms with Gasteiger partial charge in [0.05, 0.1) is 34.0 Å².